The largest absolute Gasteiger partial charge is 0.381 e. The molecule has 0 aromatic carbocycles. The molecule has 0 aromatic heterocycles. The van der Waals surface area contributed by atoms with Crippen molar-refractivity contribution in [3.8, 4) is 0 Å². The van der Waals surface area contributed by atoms with E-state index in [0.717, 1.165) is 31.1 Å². The van der Waals surface area contributed by atoms with Gasteiger partial charge in [0, 0.05) is 37.9 Å². The van der Waals surface area contributed by atoms with Crippen LogP contribution in [0.1, 0.15) is 46.0 Å². The van der Waals surface area contributed by atoms with Crippen LogP contribution in [0.5, 0.6) is 0 Å². The molecule has 0 aromatic rings. The molecule has 0 radical (unpaired) electrons. The normalized spacial score (nSPS) is 40.7. The molecule has 2 heterocycles. The summed E-state index contributed by atoms with van der Waals surface area (Å²) in [4.78, 5) is 2.77. The third-order valence-corrected chi connectivity index (χ3v) is 5.59. The highest BCUT2D eigenvalue weighted by Gasteiger charge is 2.45. The Labute approximate surface area is 118 Å². The summed E-state index contributed by atoms with van der Waals surface area (Å²) in [5.74, 6) is 1.75. The molecule has 1 saturated carbocycles. The Morgan fingerprint density at radius 2 is 2.16 bits per heavy atom. The Balaban J connectivity index is 1.55. The molecular formula is C16H30N2O. The number of hydrogen-bond acceptors (Lipinski definition) is 3. The zero-order chi connectivity index (χ0) is 13.3. The minimum absolute atomic E-state index is 0.387. The summed E-state index contributed by atoms with van der Waals surface area (Å²) >= 11 is 0. The highest BCUT2D eigenvalue weighted by Crippen LogP contribution is 2.41. The Bertz CT molecular complexity index is 299. The SMILES string of the molecule is CCC1CNC(C)(C2CC2)CN1CCC1CCOC1. The Hall–Kier alpha value is -0.120. The highest BCUT2D eigenvalue weighted by molar-refractivity contribution is 5.03. The average Bonchev–Trinajstić information content (AvgIpc) is 3.15. The highest BCUT2D eigenvalue weighted by atomic mass is 16.5. The van der Waals surface area contributed by atoms with Crippen molar-refractivity contribution in [1.29, 1.82) is 0 Å². The molecule has 2 aliphatic heterocycles. The van der Waals surface area contributed by atoms with Gasteiger partial charge in [0.05, 0.1) is 0 Å². The number of hydrogen-bond donors (Lipinski definition) is 1. The lowest BCUT2D eigenvalue weighted by atomic mass is 9.90. The number of piperazine rings is 1. The molecule has 3 rings (SSSR count). The zero-order valence-corrected chi connectivity index (χ0v) is 12.7. The van der Waals surface area contributed by atoms with Crippen LogP contribution >= 0.6 is 0 Å². The third-order valence-electron chi connectivity index (χ3n) is 5.59. The van der Waals surface area contributed by atoms with Crippen LogP contribution in [0.3, 0.4) is 0 Å². The van der Waals surface area contributed by atoms with Crippen LogP contribution in [0.4, 0.5) is 0 Å². The van der Waals surface area contributed by atoms with Gasteiger partial charge in [-0.25, -0.2) is 0 Å². The van der Waals surface area contributed by atoms with Crippen LogP contribution < -0.4 is 5.32 Å². The lowest BCUT2D eigenvalue weighted by Gasteiger charge is -2.47. The Kier molecular flexibility index (Phi) is 4.16. The molecule has 1 aliphatic carbocycles. The smallest absolute Gasteiger partial charge is 0.0495 e. The van der Waals surface area contributed by atoms with Gasteiger partial charge in [0.2, 0.25) is 0 Å². The van der Waals surface area contributed by atoms with Gasteiger partial charge in [0.15, 0.2) is 0 Å². The molecule has 19 heavy (non-hydrogen) atoms. The van der Waals surface area contributed by atoms with Crippen molar-refractivity contribution < 1.29 is 4.74 Å². The Morgan fingerprint density at radius 3 is 2.79 bits per heavy atom. The van der Waals surface area contributed by atoms with Crippen LogP contribution in [-0.4, -0.2) is 49.3 Å². The van der Waals surface area contributed by atoms with E-state index in [1.54, 1.807) is 0 Å². The van der Waals surface area contributed by atoms with Crippen LogP contribution in [0, 0.1) is 11.8 Å². The monoisotopic (exact) mass is 266 g/mol. The van der Waals surface area contributed by atoms with Gasteiger partial charge in [0.1, 0.15) is 0 Å². The zero-order valence-electron chi connectivity index (χ0n) is 12.7. The first-order valence-electron chi connectivity index (χ1n) is 8.28. The summed E-state index contributed by atoms with van der Waals surface area (Å²) in [5, 5.41) is 3.85. The van der Waals surface area contributed by atoms with Crippen molar-refractivity contribution >= 4 is 0 Å². The molecular weight excluding hydrogens is 236 g/mol. The lowest BCUT2D eigenvalue weighted by molar-refractivity contribution is 0.0669. The van der Waals surface area contributed by atoms with E-state index < -0.39 is 0 Å². The third kappa shape index (κ3) is 3.14. The van der Waals surface area contributed by atoms with Crippen molar-refractivity contribution in [2.45, 2.75) is 57.5 Å². The van der Waals surface area contributed by atoms with Crippen molar-refractivity contribution in [1.82, 2.24) is 10.2 Å². The number of ether oxygens (including phenoxy) is 1. The van der Waals surface area contributed by atoms with E-state index in [4.69, 9.17) is 4.74 Å². The maximum atomic E-state index is 5.51. The molecule has 3 aliphatic rings. The summed E-state index contributed by atoms with van der Waals surface area (Å²) in [5.41, 5.74) is 0.387. The molecule has 3 unspecified atom stereocenters. The fraction of sp³-hybridized carbons (Fsp3) is 1.00. The van der Waals surface area contributed by atoms with E-state index >= 15 is 0 Å². The topological polar surface area (TPSA) is 24.5 Å². The van der Waals surface area contributed by atoms with E-state index in [9.17, 15) is 0 Å². The van der Waals surface area contributed by atoms with Crippen LogP contribution in [-0.2, 0) is 4.74 Å². The summed E-state index contributed by atoms with van der Waals surface area (Å²) in [6, 6.07) is 0.745. The van der Waals surface area contributed by atoms with Gasteiger partial charge in [-0.3, -0.25) is 4.90 Å². The lowest BCUT2D eigenvalue weighted by Crippen LogP contribution is -2.64. The van der Waals surface area contributed by atoms with Gasteiger partial charge >= 0.3 is 0 Å². The van der Waals surface area contributed by atoms with Gasteiger partial charge in [-0.05, 0) is 57.4 Å². The Morgan fingerprint density at radius 1 is 1.32 bits per heavy atom. The second-order valence-corrected chi connectivity index (χ2v) is 7.12. The number of rotatable bonds is 5. The van der Waals surface area contributed by atoms with Gasteiger partial charge in [-0.2, -0.15) is 0 Å². The molecule has 2 saturated heterocycles. The van der Waals surface area contributed by atoms with Gasteiger partial charge in [-0.15, -0.1) is 0 Å². The predicted molar refractivity (Wildman–Crippen MR) is 78.3 cm³/mol. The molecule has 110 valence electrons. The summed E-state index contributed by atoms with van der Waals surface area (Å²) in [6.07, 6.45) is 6.75. The van der Waals surface area contributed by atoms with E-state index in [2.05, 4.69) is 24.1 Å². The van der Waals surface area contributed by atoms with Crippen molar-refractivity contribution in [3.63, 3.8) is 0 Å². The summed E-state index contributed by atoms with van der Waals surface area (Å²) in [7, 11) is 0. The van der Waals surface area contributed by atoms with Crippen LogP contribution in [0.2, 0.25) is 0 Å². The predicted octanol–water partition coefficient (Wildman–Crippen LogP) is 2.27. The first-order chi connectivity index (χ1) is 9.21. The van der Waals surface area contributed by atoms with Gasteiger partial charge in [0.25, 0.3) is 0 Å². The standard InChI is InChI=1S/C16H30N2O/c1-3-15-10-17-16(2,14-4-5-14)12-18(15)8-6-13-7-9-19-11-13/h13-15,17H,3-12H2,1-2H3. The first kappa shape index (κ1) is 13.8. The molecule has 3 atom stereocenters. The first-order valence-corrected chi connectivity index (χ1v) is 8.28. The fourth-order valence-electron chi connectivity index (χ4n) is 3.90. The number of nitrogens with one attached hydrogen (secondary N) is 1. The van der Waals surface area contributed by atoms with Gasteiger partial charge < -0.3 is 10.1 Å². The van der Waals surface area contributed by atoms with Crippen molar-refractivity contribution in [3.05, 3.63) is 0 Å². The second kappa shape index (κ2) is 5.71. The minimum atomic E-state index is 0.387. The average molecular weight is 266 g/mol. The summed E-state index contributed by atoms with van der Waals surface area (Å²) < 4.78 is 5.51. The van der Waals surface area contributed by atoms with E-state index in [0.29, 0.717) is 5.54 Å². The molecule has 3 fully saturated rings. The van der Waals surface area contributed by atoms with Crippen LogP contribution in [0.15, 0.2) is 0 Å². The van der Waals surface area contributed by atoms with E-state index in [1.807, 2.05) is 0 Å². The van der Waals surface area contributed by atoms with Gasteiger partial charge in [-0.1, -0.05) is 6.92 Å². The molecule has 0 amide bonds. The second-order valence-electron chi connectivity index (χ2n) is 7.12. The van der Waals surface area contributed by atoms with Crippen LogP contribution in [0.25, 0.3) is 0 Å². The molecule has 3 nitrogen and oxygen atoms in total. The molecule has 0 bridgehead atoms. The minimum Gasteiger partial charge on any atom is -0.381 e. The van der Waals surface area contributed by atoms with E-state index in [-0.39, 0.29) is 0 Å². The quantitative estimate of drug-likeness (QED) is 0.826. The maximum Gasteiger partial charge on any atom is 0.0495 e. The number of nitrogens with zero attached hydrogens (tertiary/aromatic N) is 1. The fourth-order valence-corrected chi connectivity index (χ4v) is 3.90. The summed E-state index contributed by atoms with van der Waals surface area (Å²) in [6.45, 7) is 10.5. The van der Waals surface area contributed by atoms with Crippen molar-refractivity contribution in [2.75, 3.05) is 32.8 Å². The molecule has 1 N–H and O–H groups in total. The molecule has 3 heteroatoms. The maximum absolute atomic E-state index is 5.51. The van der Waals surface area contributed by atoms with Crippen molar-refractivity contribution in [2.24, 2.45) is 11.8 Å². The van der Waals surface area contributed by atoms with E-state index in [1.165, 1.54) is 51.7 Å². The molecule has 0 spiro atoms.